The van der Waals surface area contributed by atoms with Crippen molar-refractivity contribution >= 4 is 17.7 Å². The predicted octanol–water partition coefficient (Wildman–Crippen LogP) is 4.68. The van der Waals surface area contributed by atoms with E-state index in [1.807, 2.05) is 53.7 Å². The highest BCUT2D eigenvalue weighted by molar-refractivity contribution is 5.90. The lowest BCUT2D eigenvalue weighted by Crippen LogP contribution is -2.40. The van der Waals surface area contributed by atoms with Gasteiger partial charge in [-0.2, -0.15) is 0 Å². The number of benzene rings is 1. The van der Waals surface area contributed by atoms with E-state index in [0.29, 0.717) is 24.6 Å². The van der Waals surface area contributed by atoms with Crippen LogP contribution in [-0.2, 0) is 20.7 Å². The fourth-order valence-corrected chi connectivity index (χ4v) is 4.39. The minimum atomic E-state index is -0.632. The highest BCUT2D eigenvalue weighted by Gasteiger charge is 2.36. The van der Waals surface area contributed by atoms with E-state index in [4.69, 9.17) is 14.2 Å². The van der Waals surface area contributed by atoms with Crippen molar-refractivity contribution in [2.75, 3.05) is 18.5 Å². The molecule has 1 atom stereocenters. The van der Waals surface area contributed by atoms with Crippen LogP contribution in [0.5, 0.6) is 11.5 Å². The summed E-state index contributed by atoms with van der Waals surface area (Å²) in [4.78, 5) is 28.9. The van der Waals surface area contributed by atoms with Crippen LogP contribution in [0, 0.1) is 34.6 Å². The Balaban J connectivity index is 1.77. The molecule has 7 nitrogen and oxygen atoms in total. The third kappa shape index (κ3) is 5.64. The Bertz CT molecular complexity index is 1060. The lowest BCUT2D eigenvalue weighted by atomic mass is 9.85. The number of aryl methyl sites for hydroxylation is 2. The van der Waals surface area contributed by atoms with Crippen molar-refractivity contribution in [3.05, 3.63) is 45.6 Å². The minimum Gasteiger partial charge on any atom is -0.486 e. The molecule has 7 heteroatoms. The molecule has 178 valence electrons. The number of rotatable bonds is 7. The number of anilines is 1. The third-order valence-electron chi connectivity index (χ3n) is 6.10. The highest BCUT2D eigenvalue weighted by atomic mass is 16.6. The number of nitrogens with one attached hydrogen (secondary N) is 1. The van der Waals surface area contributed by atoms with E-state index in [1.165, 1.54) is 0 Å². The topological polar surface area (TPSA) is 86.8 Å². The number of carbonyl (C=O) groups excluding carboxylic acids is 2. The molecule has 0 aliphatic carbocycles. The fourth-order valence-electron chi connectivity index (χ4n) is 4.39. The van der Waals surface area contributed by atoms with Gasteiger partial charge in [-0.15, -0.1) is 0 Å². The Morgan fingerprint density at radius 3 is 2.52 bits per heavy atom. The molecule has 1 aromatic heterocycles. The van der Waals surface area contributed by atoms with Gasteiger partial charge in [0.2, 0.25) is 5.91 Å². The number of carbonyl (C=O) groups is 2. The third-order valence-corrected chi connectivity index (χ3v) is 6.10. The summed E-state index contributed by atoms with van der Waals surface area (Å²) < 4.78 is 17.3. The van der Waals surface area contributed by atoms with E-state index in [-0.39, 0.29) is 24.9 Å². The maximum Gasteiger partial charge on any atom is 0.344 e. The van der Waals surface area contributed by atoms with Crippen molar-refractivity contribution in [2.24, 2.45) is 0 Å². The molecule has 33 heavy (non-hydrogen) atoms. The van der Waals surface area contributed by atoms with Gasteiger partial charge in [0.25, 0.3) is 0 Å². The first-order valence-electron chi connectivity index (χ1n) is 11.4. The number of fused-ring (bicyclic) bond motifs is 1. The van der Waals surface area contributed by atoms with Crippen LogP contribution in [0.25, 0.3) is 0 Å². The van der Waals surface area contributed by atoms with Crippen LogP contribution in [0.1, 0.15) is 60.2 Å². The Hall–Kier alpha value is -3.09. The molecular weight excluding hydrogens is 420 g/mol. The summed E-state index contributed by atoms with van der Waals surface area (Å²) in [7, 11) is 0. The summed E-state index contributed by atoms with van der Waals surface area (Å²) >= 11 is 0. The molecule has 1 unspecified atom stereocenters. The van der Waals surface area contributed by atoms with Gasteiger partial charge < -0.3 is 19.5 Å². The zero-order chi connectivity index (χ0) is 24.3. The molecule has 0 saturated carbocycles. The molecule has 2 aromatic rings. The smallest absolute Gasteiger partial charge is 0.344 e. The van der Waals surface area contributed by atoms with Gasteiger partial charge in [-0.3, -0.25) is 4.79 Å². The lowest BCUT2D eigenvalue weighted by molar-refractivity contribution is -0.145. The maximum absolute atomic E-state index is 12.8. The minimum absolute atomic E-state index is 0.126. The number of amides is 1. The van der Waals surface area contributed by atoms with E-state index >= 15 is 0 Å². The summed E-state index contributed by atoms with van der Waals surface area (Å²) in [5, 5.41) is 2.91. The molecule has 0 fully saturated rings. The summed E-state index contributed by atoms with van der Waals surface area (Å²) in [5.41, 5.74) is 5.18. The van der Waals surface area contributed by atoms with Crippen LogP contribution in [0.4, 0.5) is 5.82 Å². The monoisotopic (exact) mass is 454 g/mol. The molecule has 3 rings (SSSR count). The van der Waals surface area contributed by atoms with E-state index in [2.05, 4.69) is 10.3 Å². The van der Waals surface area contributed by atoms with Gasteiger partial charge in [-0.1, -0.05) is 0 Å². The molecule has 1 aliphatic rings. The first-order valence-corrected chi connectivity index (χ1v) is 11.4. The number of hydrogen-bond donors (Lipinski definition) is 1. The summed E-state index contributed by atoms with van der Waals surface area (Å²) in [6.07, 6.45) is 1.66. The van der Waals surface area contributed by atoms with Crippen LogP contribution in [0.2, 0.25) is 0 Å². The van der Waals surface area contributed by atoms with Crippen LogP contribution in [0.15, 0.2) is 12.1 Å². The van der Waals surface area contributed by atoms with Crippen LogP contribution < -0.4 is 14.8 Å². The number of aromatic nitrogens is 1. The first kappa shape index (κ1) is 24.6. The molecular formula is C26H34N2O5. The van der Waals surface area contributed by atoms with E-state index in [9.17, 15) is 9.59 Å². The second-order valence-corrected chi connectivity index (χ2v) is 9.05. The molecule has 1 aliphatic heterocycles. The van der Waals surface area contributed by atoms with Gasteiger partial charge in [0.15, 0.2) is 6.61 Å². The van der Waals surface area contributed by atoms with Gasteiger partial charge >= 0.3 is 5.97 Å². The Morgan fingerprint density at radius 2 is 1.85 bits per heavy atom. The maximum atomic E-state index is 12.8. The second-order valence-electron chi connectivity index (χ2n) is 9.05. The Morgan fingerprint density at radius 1 is 1.12 bits per heavy atom. The number of nitrogens with zero attached hydrogens (tertiary/aromatic N) is 1. The van der Waals surface area contributed by atoms with E-state index in [0.717, 1.165) is 45.7 Å². The molecule has 2 heterocycles. The van der Waals surface area contributed by atoms with Crippen molar-refractivity contribution in [1.29, 1.82) is 0 Å². The van der Waals surface area contributed by atoms with E-state index in [1.54, 1.807) is 6.92 Å². The average Bonchev–Trinajstić information content (AvgIpc) is 2.71. The van der Waals surface area contributed by atoms with Gasteiger partial charge in [-0.05, 0) is 95.7 Å². The fraction of sp³-hybridized carbons (Fsp3) is 0.500. The molecule has 0 saturated heterocycles. The van der Waals surface area contributed by atoms with Gasteiger partial charge in [0, 0.05) is 11.3 Å². The summed E-state index contributed by atoms with van der Waals surface area (Å²) in [6, 6.07) is 3.83. The van der Waals surface area contributed by atoms with Crippen LogP contribution in [0.3, 0.4) is 0 Å². The average molecular weight is 455 g/mol. The van der Waals surface area contributed by atoms with Gasteiger partial charge in [-0.25, -0.2) is 9.78 Å². The molecule has 1 aromatic carbocycles. The van der Waals surface area contributed by atoms with E-state index < -0.39 is 5.60 Å². The van der Waals surface area contributed by atoms with Crippen molar-refractivity contribution in [1.82, 2.24) is 4.98 Å². The summed E-state index contributed by atoms with van der Waals surface area (Å²) in [6.45, 7) is 13.7. The van der Waals surface area contributed by atoms with Crippen molar-refractivity contribution < 1.29 is 23.8 Å². The zero-order valence-corrected chi connectivity index (χ0v) is 20.7. The normalized spacial score (nSPS) is 17.1. The number of hydrogen-bond acceptors (Lipinski definition) is 6. The predicted molar refractivity (Wildman–Crippen MR) is 127 cm³/mol. The molecule has 0 radical (unpaired) electrons. The number of esters is 1. The van der Waals surface area contributed by atoms with Crippen molar-refractivity contribution in [3.63, 3.8) is 0 Å². The second kappa shape index (κ2) is 9.81. The first-order chi connectivity index (χ1) is 15.5. The van der Waals surface area contributed by atoms with Crippen LogP contribution >= 0.6 is 0 Å². The number of pyridine rings is 1. The molecule has 0 bridgehead atoms. The SMILES string of the molecule is CCOC(=O)COc1c(C)c(C)c2c(c1C)CCC(C)(CC(=O)Nc1cc(C)cc(C)n1)O2. The van der Waals surface area contributed by atoms with Crippen LogP contribution in [-0.4, -0.2) is 35.7 Å². The quantitative estimate of drug-likeness (QED) is 0.612. The largest absolute Gasteiger partial charge is 0.486 e. The zero-order valence-electron chi connectivity index (χ0n) is 20.7. The number of ether oxygens (including phenoxy) is 3. The Labute approximate surface area is 195 Å². The standard InChI is InChI=1S/C26H34N2O5/c1-8-31-23(30)14-32-24-17(4)18(5)25-20(19(24)6)9-10-26(7,33-25)13-22(29)28-21-12-15(2)11-16(3)27-21/h11-12H,8-10,13-14H2,1-7H3,(H,27,28,29). The Kier molecular flexibility index (Phi) is 7.30. The highest BCUT2D eigenvalue weighted by Crippen LogP contribution is 2.44. The molecule has 0 spiro atoms. The molecule has 1 amide bonds. The summed E-state index contributed by atoms with van der Waals surface area (Å²) in [5.74, 6) is 1.55. The molecule has 1 N–H and O–H groups in total. The van der Waals surface area contributed by atoms with Crippen molar-refractivity contribution in [2.45, 2.75) is 73.3 Å². The van der Waals surface area contributed by atoms with Crippen molar-refractivity contribution in [3.8, 4) is 11.5 Å². The van der Waals surface area contributed by atoms with Gasteiger partial charge in [0.05, 0.1) is 13.0 Å². The lowest BCUT2D eigenvalue weighted by Gasteiger charge is -2.37. The van der Waals surface area contributed by atoms with Gasteiger partial charge in [0.1, 0.15) is 22.9 Å².